The monoisotopic (exact) mass is 590 g/mol. The average molecular weight is 591 g/mol. The predicted octanol–water partition coefficient (Wildman–Crippen LogP) is 5.37. The van der Waals surface area contributed by atoms with Gasteiger partial charge in [-0.15, -0.1) is 0 Å². The summed E-state index contributed by atoms with van der Waals surface area (Å²) in [5.41, 5.74) is 0.143. The van der Waals surface area contributed by atoms with Gasteiger partial charge in [-0.3, -0.25) is 15.2 Å². The lowest BCUT2D eigenvalue weighted by Crippen LogP contribution is -2.48. The molecule has 14 heteroatoms. The van der Waals surface area contributed by atoms with Crippen LogP contribution in [0.2, 0.25) is 5.02 Å². The molecule has 6 rings (SSSR count). The summed E-state index contributed by atoms with van der Waals surface area (Å²) >= 11 is 6.53. The molecule has 1 N–H and O–H groups in total. The van der Waals surface area contributed by atoms with Gasteiger partial charge in [0.2, 0.25) is 5.88 Å². The fourth-order valence-electron chi connectivity index (χ4n) is 5.20. The summed E-state index contributed by atoms with van der Waals surface area (Å²) in [5, 5.41) is 2.94. The van der Waals surface area contributed by atoms with Gasteiger partial charge in [0.1, 0.15) is 12.7 Å². The Balaban J connectivity index is 1.25. The molecule has 216 valence electrons. The van der Waals surface area contributed by atoms with Gasteiger partial charge in [0.25, 0.3) is 0 Å². The van der Waals surface area contributed by atoms with Gasteiger partial charge in [0, 0.05) is 18.7 Å². The summed E-state index contributed by atoms with van der Waals surface area (Å²) in [5.74, 6) is -0.0335. The molecule has 3 aromatic rings. The number of alkyl halides is 3. The third-order valence-corrected chi connectivity index (χ3v) is 7.34. The number of aromatic nitrogens is 3. The average Bonchev–Trinajstić information content (AvgIpc) is 3.50. The second kappa shape index (κ2) is 10.3. The number of fused-ring (bicyclic) bond motifs is 4. The first-order chi connectivity index (χ1) is 19.5. The number of carbonyl (C=O) groups excluding carboxylic acids is 1. The number of urea groups is 1. The maximum absolute atomic E-state index is 13.6. The van der Waals surface area contributed by atoms with Crippen LogP contribution in [-0.4, -0.2) is 65.2 Å². The molecule has 1 unspecified atom stereocenters. The van der Waals surface area contributed by atoms with Crippen molar-refractivity contribution in [3.05, 3.63) is 53.3 Å². The number of rotatable bonds is 5. The van der Waals surface area contributed by atoms with Crippen LogP contribution in [0.15, 0.2) is 42.7 Å². The third kappa shape index (κ3) is 5.61. The summed E-state index contributed by atoms with van der Waals surface area (Å²) in [6.45, 7) is 5.44. The molecule has 2 bridgehead atoms. The van der Waals surface area contributed by atoms with Crippen LogP contribution in [0.25, 0.3) is 11.3 Å². The number of halogens is 4. The number of pyridine rings is 1. The molecular weight excluding hydrogens is 565 g/mol. The van der Waals surface area contributed by atoms with Crippen molar-refractivity contribution in [2.75, 3.05) is 41.4 Å². The van der Waals surface area contributed by atoms with E-state index in [1.807, 2.05) is 13.8 Å². The van der Waals surface area contributed by atoms with Gasteiger partial charge in [-0.2, -0.15) is 18.2 Å². The van der Waals surface area contributed by atoms with E-state index in [0.717, 1.165) is 12.1 Å². The van der Waals surface area contributed by atoms with Crippen molar-refractivity contribution in [2.45, 2.75) is 44.4 Å². The molecule has 3 aliphatic heterocycles. The molecule has 3 aliphatic rings. The summed E-state index contributed by atoms with van der Waals surface area (Å²) < 4.78 is 57.1. The summed E-state index contributed by atoms with van der Waals surface area (Å²) in [4.78, 5) is 30.3. The molecule has 2 atom stereocenters. The summed E-state index contributed by atoms with van der Waals surface area (Å²) in [6, 6.07) is 5.70. The number of benzene rings is 1. The molecule has 2 saturated heterocycles. The molecule has 41 heavy (non-hydrogen) atoms. The fraction of sp³-hybridized carbons (Fsp3) is 0.407. The minimum atomic E-state index is -4.53. The Morgan fingerprint density at radius 2 is 2.07 bits per heavy atom. The van der Waals surface area contributed by atoms with E-state index in [4.69, 9.17) is 25.8 Å². The van der Waals surface area contributed by atoms with Crippen molar-refractivity contribution in [1.29, 1.82) is 0 Å². The maximum Gasteiger partial charge on any atom is 0.416 e. The number of nitrogens with one attached hydrogen (secondary N) is 1. The zero-order chi connectivity index (χ0) is 28.9. The molecule has 5 heterocycles. The number of hydrogen-bond acceptors (Lipinski definition) is 8. The summed E-state index contributed by atoms with van der Waals surface area (Å²) in [7, 11) is 0. The van der Waals surface area contributed by atoms with Crippen LogP contribution in [0.5, 0.6) is 5.88 Å². The van der Waals surface area contributed by atoms with Crippen LogP contribution in [0.4, 0.5) is 35.3 Å². The minimum Gasteiger partial charge on any atom is -0.474 e. The second-order valence-corrected chi connectivity index (χ2v) is 10.8. The van der Waals surface area contributed by atoms with E-state index in [1.165, 1.54) is 29.4 Å². The van der Waals surface area contributed by atoms with E-state index < -0.39 is 23.6 Å². The lowest BCUT2D eigenvalue weighted by Gasteiger charge is -2.36. The Labute approximate surface area is 238 Å². The van der Waals surface area contributed by atoms with Crippen molar-refractivity contribution < 1.29 is 32.2 Å². The fourth-order valence-corrected chi connectivity index (χ4v) is 5.46. The van der Waals surface area contributed by atoms with E-state index in [9.17, 15) is 18.0 Å². The number of ether oxygens (including phenoxy) is 3. The molecule has 10 nitrogen and oxygen atoms in total. The largest absolute Gasteiger partial charge is 0.474 e. The van der Waals surface area contributed by atoms with Gasteiger partial charge in [-0.25, -0.2) is 9.78 Å². The number of nitrogens with zero attached hydrogens (tertiary/aromatic N) is 5. The van der Waals surface area contributed by atoms with Crippen LogP contribution in [0, 0.1) is 0 Å². The van der Waals surface area contributed by atoms with Crippen molar-refractivity contribution in [3.8, 4) is 17.1 Å². The molecule has 0 spiro atoms. The highest BCUT2D eigenvalue weighted by Gasteiger charge is 2.41. The normalized spacial score (nSPS) is 21.1. The number of amides is 2. The van der Waals surface area contributed by atoms with E-state index in [2.05, 4.69) is 25.2 Å². The van der Waals surface area contributed by atoms with Gasteiger partial charge >= 0.3 is 12.2 Å². The van der Waals surface area contributed by atoms with E-state index in [-0.39, 0.29) is 46.7 Å². The quantitative estimate of drug-likeness (QED) is 0.423. The maximum atomic E-state index is 13.6. The second-order valence-electron chi connectivity index (χ2n) is 10.4. The van der Waals surface area contributed by atoms with Crippen molar-refractivity contribution in [1.82, 2.24) is 15.0 Å². The Bertz CT molecular complexity index is 1490. The molecule has 0 aliphatic carbocycles. The van der Waals surface area contributed by atoms with Gasteiger partial charge < -0.3 is 19.1 Å². The van der Waals surface area contributed by atoms with Crippen LogP contribution in [0.3, 0.4) is 0 Å². The topological polar surface area (TPSA) is 102 Å². The lowest BCUT2D eigenvalue weighted by atomic mass is 10.1. The molecule has 2 fully saturated rings. The minimum absolute atomic E-state index is 0.147. The number of hydrogen-bond donors (Lipinski definition) is 1. The standard InChI is InChI=1S/C27H26ClF3N6O4/c1-26(2)40-14-18(41-26)13-39-22-11-32-10-21(33-22)34-25(38)37-17-6-7-36(12-17)20-9-19(28)23(35-24(20)37)15-4-3-5-16(8-15)27(29,30)31/h3-5,8-11,17-18H,6-7,12-14H2,1-2H3,(H,33,34,38)/t17-,18?/m0/s1. The van der Waals surface area contributed by atoms with Crippen molar-refractivity contribution >= 4 is 35.0 Å². The summed E-state index contributed by atoms with van der Waals surface area (Å²) in [6.07, 6.45) is -1.31. The Kier molecular flexibility index (Phi) is 6.91. The molecule has 2 amide bonds. The highest BCUT2D eigenvalue weighted by atomic mass is 35.5. The molecular formula is C27H26ClF3N6O4. The van der Waals surface area contributed by atoms with Gasteiger partial charge in [-0.1, -0.05) is 23.7 Å². The highest BCUT2D eigenvalue weighted by molar-refractivity contribution is 6.33. The Morgan fingerprint density at radius 3 is 2.83 bits per heavy atom. The first-order valence-electron chi connectivity index (χ1n) is 13.0. The van der Waals surface area contributed by atoms with E-state index >= 15 is 0 Å². The van der Waals surface area contributed by atoms with Crippen LogP contribution in [-0.2, 0) is 15.7 Å². The zero-order valence-corrected chi connectivity index (χ0v) is 22.9. The molecule has 0 radical (unpaired) electrons. The number of carbonyl (C=O) groups is 1. The van der Waals surface area contributed by atoms with Crippen LogP contribution >= 0.6 is 11.6 Å². The highest BCUT2D eigenvalue weighted by Crippen LogP contribution is 2.43. The van der Waals surface area contributed by atoms with Crippen LogP contribution < -0.4 is 19.9 Å². The van der Waals surface area contributed by atoms with Crippen molar-refractivity contribution in [2.24, 2.45) is 0 Å². The van der Waals surface area contributed by atoms with Gasteiger partial charge in [-0.05, 0) is 38.5 Å². The predicted molar refractivity (Wildman–Crippen MR) is 144 cm³/mol. The Morgan fingerprint density at radius 1 is 1.24 bits per heavy atom. The lowest BCUT2D eigenvalue weighted by molar-refractivity contribution is -0.141. The third-order valence-electron chi connectivity index (χ3n) is 7.05. The van der Waals surface area contributed by atoms with Gasteiger partial charge in [0.15, 0.2) is 17.4 Å². The molecule has 2 aromatic heterocycles. The van der Waals surface area contributed by atoms with Crippen LogP contribution in [0.1, 0.15) is 25.8 Å². The van der Waals surface area contributed by atoms with Gasteiger partial charge in [0.05, 0.1) is 47.0 Å². The first kappa shape index (κ1) is 27.5. The zero-order valence-electron chi connectivity index (χ0n) is 22.1. The van der Waals surface area contributed by atoms with E-state index in [0.29, 0.717) is 37.6 Å². The Hall–Kier alpha value is -3.68. The smallest absolute Gasteiger partial charge is 0.416 e. The number of anilines is 3. The molecule has 1 aromatic carbocycles. The van der Waals surface area contributed by atoms with E-state index in [1.54, 1.807) is 6.07 Å². The molecule has 0 saturated carbocycles. The SMILES string of the molecule is CC1(C)OCC(COc2cncc(NC(=O)N3c4nc(-c5cccc(C(F)(F)F)c5)c(Cl)cc4N4CC[C@H]3C4)n2)O1. The first-order valence-corrected chi connectivity index (χ1v) is 13.3. The van der Waals surface area contributed by atoms with Crippen molar-refractivity contribution in [3.63, 3.8) is 0 Å².